The first-order valence-corrected chi connectivity index (χ1v) is 12.2. The number of H-pyrrole nitrogens is 1. The molecule has 1 N–H and O–H groups in total. The van der Waals surface area contributed by atoms with Crippen LogP contribution in [0, 0.1) is 0 Å². The van der Waals surface area contributed by atoms with Gasteiger partial charge in [-0.2, -0.15) is 5.10 Å². The van der Waals surface area contributed by atoms with Gasteiger partial charge in [-0.05, 0) is 36.6 Å². The van der Waals surface area contributed by atoms with Gasteiger partial charge in [-0.1, -0.05) is 49.4 Å². The highest BCUT2D eigenvalue weighted by molar-refractivity contribution is 7.91. The van der Waals surface area contributed by atoms with Gasteiger partial charge in [0.2, 0.25) is 9.84 Å². The summed E-state index contributed by atoms with van der Waals surface area (Å²) in [6.07, 6.45) is 1.16. The van der Waals surface area contributed by atoms with Gasteiger partial charge in [-0.15, -0.1) is 0 Å². The number of benzene rings is 3. The first-order chi connectivity index (χ1) is 15.1. The first-order valence-electron chi connectivity index (χ1n) is 10.8. The second-order valence-corrected chi connectivity index (χ2v) is 9.87. The number of aromatic amines is 1. The number of hydrogen-bond acceptors (Lipinski definition) is 5. The van der Waals surface area contributed by atoms with E-state index in [-0.39, 0.29) is 9.92 Å². The van der Waals surface area contributed by atoms with E-state index in [1.165, 1.54) is 0 Å². The minimum absolute atomic E-state index is 0.0883. The maximum atomic E-state index is 13.6. The van der Waals surface area contributed by atoms with E-state index in [1.807, 2.05) is 48.5 Å². The van der Waals surface area contributed by atoms with Crippen molar-refractivity contribution in [3.05, 3.63) is 60.7 Å². The largest absolute Gasteiger partial charge is 0.367 e. The molecule has 0 amide bonds. The van der Waals surface area contributed by atoms with Gasteiger partial charge >= 0.3 is 0 Å². The lowest BCUT2D eigenvalue weighted by Crippen LogP contribution is -2.46. The third kappa shape index (κ3) is 3.47. The second-order valence-electron chi connectivity index (χ2n) is 8.04. The number of rotatable bonds is 5. The summed E-state index contributed by atoms with van der Waals surface area (Å²) in [7, 11) is -3.78. The quantitative estimate of drug-likeness (QED) is 0.513. The number of sulfone groups is 1. The molecule has 1 aliphatic heterocycles. The Morgan fingerprint density at radius 2 is 1.61 bits per heavy atom. The van der Waals surface area contributed by atoms with Crippen molar-refractivity contribution >= 4 is 37.2 Å². The Hall–Kier alpha value is -2.90. The van der Waals surface area contributed by atoms with Crippen molar-refractivity contribution in [2.45, 2.75) is 23.3 Å². The number of nitrogens with one attached hydrogen (secondary N) is 1. The van der Waals surface area contributed by atoms with E-state index in [2.05, 4.69) is 26.9 Å². The summed E-state index contributed by atoms with van der Waals surface area (Å²) in [4.78, 5) is 5.08. The zero-order chi connectivity index (χ0) is 21.4. The molecule has 6 nitrogen and oxygen atoms in total. The molecule has 3 aromatic carbocycles. The van der Waals surface area contributed by atoms with Crippen LogP contribution >= 0.6 is 0 Å². The molecular formula is C24H26N4O2S. The summed E-state index contributed by atoms with van der Waals surface area (Å²) in [6.45, 7) is 7.19. The van der Waals surface area contributed by atoms with Crippen LogP contribution < -0.4 is 4.90 Å². The highest BCUT2D eigenvalue weighted by Gasteiger charge is 2.27. The SMILES string of the molecule is CCCN1CCN(c2cccc3c(S(=O)(=O)c4cccc5ccccc45)n[nH]c23)CC1. The second kappa shape index (κ2) is 7.98. The number of aromatic nitrogens is 2. The Bertz CT molecular complexity index is 1330. The van der Waals surface area contributed by atoms with Crippen LogP contribution in [-0.2, 0) is 9.84 Å². The maximum Gasteiger partial charge on any atom is 0.226 e. The molecule has 0 atom stereocenters. The van der Waals surface area contributed by atoms with Gasteiger partial charge in [-0.3, -0.25) is 10.00 Å². The molecule has 0 bridgehead atoms. The predicted octanol–water partition coefficient (Wildman–Crippen LogP) is 4.08. The number of nitrogens with zero attached hydrogens (tertiary/aromatic N) is 3. The van der Waals surface area contributed by atoms with E-state index >= 15 is 0 Å². The normalized spacial score (nSPS) is 15.7. The summed E-state index contributed by atoms with van der Waals surface area (Å²) in [5.74, 6) is 0. The van der Waals surface area contributed by atoms with Crippen LogP contribution in [0.5, 0.6) is 0 Å². The standard InChI is InChI=1S/C24H26N4O2S/c1-2-13-27-14-16-28(17-15-27)21-11-6-10-20-23(21)25-26-24(20)31(29,30)22-12-5-8-18-7-3-4-9-19(18)22/h3-12H,2,13-17H2,1H3,(H,25,26). The number of piperazine rings is 1. The smallest absolute Gasteiger partial charge is 0.226 e. The molecule has 1 aromatic heterocycles. The molecule has 31 heavy (non-hydrogen) atoms. The van der Waals surface area contributed by atoms with Crippen molar-refractivity contribution in [2.75, 3.05) is 37.6 Å². The molecule has 1 fully saturated rings. The van der Waals surface area contributed by atoms with Gasteiger partial charge in [0, 0.05) is 37.0 Å². The van der Waals surface area contributed by atoms with Gasteiger partial charge in [0.25, 0.3) is 0 Å². The minimum atomic E-state index is -3.78. The summed E-state index contributed by atoms with van der Waals surface area (Å²) >= 11 is 0. The Balaban J connectivity index is 1.56. The van der Waals surface area contributed by atoms with Gasteiger partial charge in [0.15, 0.2) is 5.03 Å². The lowest BCUT2D eigenvalue weighted by atomic mass is 10.1. The average Bonchev–Trinajstić information content (AvgIpc) is 3.25. The molecular weight excluding hydrogens is 408 g/mol. The number of anilines is 1. The lowest BCUT2D eigenvalue weighted by molar-refractivity contribution is 0.258. The molecule has 2 heterocycles. The van der Waals surface area contributed by atoms with Gasteiger partial charge in [0.1, 0.15) is 0 Å². The topological polar surface area (TPSA) is 69.3 Å². The number of para-hydroxylation sites is 1. The summed E-state index contributed by atoms with van der Waals surface area (Å²) in [5, 5.41) is 9.67. The van der Waals surface area contributed by atoms with Crippen LogP contribution in [0.15, 0.2) is 70.6 Å². The minimum Gasteiger partial charge on any atom is -0.367 e. The Kier molecular flexibility index (Phi) is 5.16. The molecule has 0 aliphatic carbocycles. The molecule has 1 saturated heterocycles. The molecule has 0 spiro atoms. The molecule has 0 unspecified atom stereocenters. The van der Waals surface area contributed by atoms with Crippen LogP contribution in [0.2, 0.25) is 0 Å². The first kappa shape index (κ1) is 20.0. The van der Waals surface area contributed by atoms with Crippen molar-refractivity contribution < 1.29 is 8.42 Å². The Morgan fingerprint density at radius 3 is 2.42 bits per heavy atom. The predicted molar refractivity (Wildman–Crippen MR) is 124 cm³/mol. The third-order valence-corrected chi connectivity index (χ3v) is 7.84. The molecule has 0 saturated carbocycles. The van der Waals surface area contributed by atoms with E-state index in [1.54, 1.807) is 12.1 Å². The molecule has 4 aromatic rings. The van der Waals surface area contributed by atoms with Crippen molar-refractivity contribution in [1.82, 2.24) is 15.1 Å². The summed E-state index contributed by atoms with van der Waals surface area (Å²) < 4.78 is 27.2. The fourth-order valence-corrected chi connectivity index (χ4v) is 6.10. The van der Waals surface area contributed by atoms with Crippen LogP contribution in [-0.4, -0.2) is 56.2 Å². The lowest BCUT2D eigenvalue weighted by Gasteiger charge is -2.36. The number of hydrogen-bond donors (Lipinski definition) is 1. The maximum absolute atomic E-state index is 13.6. The average molecular weight is 435 g/mol. The van der Waals surface area contributed by atoms with E-state index in [0.29, 0.717) is 10.8 Å². The van der Waals surface area contributed by atoms with Crippen molar-refractivity contribution in [3.63, 3.8) is 0 Å². The van der Waals surface area contributed by atoms with Crippen molar-refractivity contribution in [2.24, 2.45) is 0 Å². The zero-order valence-electron chi connectivity index (χ0n) is 17.6. The van der Waals surface area contributed by atoms with Crippen molar-refractivity contribution in [1.29, 1.82) is 0 Å². The fourth-order valence-electron chi connectivity index (χ4n) is 4.53. The fraction of sp³-hybridized carbons (Fsp3) is 0.292. The van der Waals surface area contributed by atoms with Crippen molar-refractivity contribution in [3.8, 4) is 0 Å². The molecule has 5 rings (SSSR count). The highest BCUT2D eigenvalue weighted by Crippen LogP contribution is 2.34. The summed E-state index contributed by atoms with van der Waals surface area (Å²) in [6, 6.07) is 18.7. The van der Waals surface area contributed by atoms with E-state index in [0.717, 1.165) is 55.7 Å². The molecule has 7 heteroatoms. The van der Waals surface area contributed by atoms with E-state index < -0.39 is 9.84 Å². The van der Waals surface area contributed by atoms with E-state index in [4.69, 9.17) is 0 Å². The van der Waals surface area contributed by atoms with Crippen LogP contribution in [0.3, 0.4) is 0 Å². The molecule has 1 aliphatic rings. The van der Waals surface area contributed by atoms with Gasteiger partial charge < -0.3 is 4.90 Å². The molecule has 160 valence electrons. The number of fused-ring (bicyclic) bond motifs is 2. The van der Waals surface area contributed by atoms with Crippen LogP contribution in [0.1, 0.15) is 13.3 Å². The van der Waals surface area contributed by atoms with Crippen LogP contribution in [0.4, 0.5) is 5.69 Å². The monoisotopic (exact) mass is 434 g/mol. The van der Waals surface area contributed by atoms with Gasteiger partial charge in [-0.25, -0.2) is 8.42 Å². The van der Waals surface area contributed by atoms with E-state index in [9.17, 15) is 8.42 Å². The Morgan fingerprint density at radius 1 is 0.903 bits per heavy atom. The third-order valence-electron chi connectivity index (χ3n) is 6.09. The van der Waals surface area contributed by atoms with Crippen LogP contribution in [0.25, 0.3) is 21.7 Å². The summed E-state index contributed by atoms with van der Waals surface area (Å²) in [5.41, 5.74) is 1.80. The Labute approximate surface area is 182 Å². The highest BCUT2D eigenvalue weighted by atomic mass is 32.2. The zero-order valence-corrected chi connectivity index (χ0v) is 18.4. The molecule has 0 radical (unpaired) electrons. The van der Waals surface area contributed by atoms with Gasteiger partial charge in [0.05, 0.1) is 16.1 Å².